The number of imidazole rings is 1. The summed E-state index contributed by atoms with van der Waals surface area (Å²) in [7, 11) is 0. The largest absolute Gasteiger partial charge is 0.481 e. The molecular weight excluding hydrogens is 268 g/mol. The molecule has 0 atom stereocenters. The highest BCUT2D eigenvalue weighted by Crippen LogP contribution is 2.16. The van der Waals surface area contributed by atoms with Crippen LogP contribution in [0.4, 0.5) is 0 Å². The van der Waals surface area contributed by atoms with Crippen molar-refractivity contribution in [2.75, 3.05) is 0 Å². The fourth-order valence-corrected chi connectivity index (χ4v) is 2.45. The average molecular weight is 284 g/mol. The Morgan fingerprint density at radius 3 is 2.86 bits per heavy atom. The first-order valence-electron chi connectivity index (χ1n) is 6.93. The monoisotopic (exact) mass is 284 g/mol. The molecule has 0 aliphatic carbocycles. The third-order valence-electron chi connectivity index (χ3n) is 3.45. The molecular formula is C16H16N2O3. The zero-order valence-corrected chi connectivity index (χ0v) is 11.5. The standard InChI is InChI=1S/C16H16N2O3/c19-16(20)9-7-13-14-5-1-2-10-18(14)15(17-13)8-6-12-4-3-11-21-12/h1-5,10-11H,6-9H2,(H,19,20). The summed E-state index contributed by atoms with van der Waals surface area (Å²) in [5, 5.41) is 8.84. The van der Waals surface area contributed by atoms with Crippen molar-refractivity contribution in [1.29, 1.82) is 0 Å². The van der Waals surface area contributed by atoms with Gasteiger partial charge in [-0.3, -0.25) is 4.79 Å². The maximum atomic E-state index is 10.7. The molecule has 3 aromatic heterocycles. The molecule has 0 aliphatic rings. The van der Waals surface area contributed by atoms with Crippen LogP contribution in [0.15, 0.2) is 47.2 Å². The van der Waals surface area contributed by atoms with Crippen LogP contribution in [0.2, 0.25) is 0 Å². The van der Waals surface area contributed by atoms with Gasteiger partial charge in [-0.15, -0.1) is 0 Å². The Labute approximate surface area is 121 Å². The summed E-state index contributed by atoms with van der Waals surface area (Å²) in [5.74, 6) is 1.06. The molecule has 21 heavy (non-hydrogen) atoms. The van der Waals surface area contributed by atoms with Gasteiger partial charge >= 0.3 is 5.97 Å². The van der Waals surface area contributed by atoms with Crippen LogP contribution >= 0.6 is 0 Å². The molecule has 1 N–H and O–H groups in total. The maximum Gasteiger partial charge on any atom is 0.303 e. The SMILES string of the molecule is O=C(O)CCc1nc(CCc2ccco2)n2ccccc12. The lowest BCUT2D eigenvalue weighted by Crippen LogP contribution is -1.98. The zero-order chi connectivity index (χ0) is 14.7. The number of hydrogen-bond donors (Lipinski definition) is 1. The van der Waals surface area contributed by atoms with Crippen molar-refractivity contribution in [2.24, 2.45) is 0 Å². The van der Waals surface area contributed by atoms with Crippen LogP contribution in [0.1, 0.15) is 23.7 Å². The van der Waals surface area contributed by atoms with Crippen molar-refractivity contribution < 1.29 is 14.3 Å². The van der Waals surface area contributed by atoms with Crippen LogP contribution in [0, 0.1) is 0 Å². The average Bonchev–Trinajstić information content (AvgIpc) is 3.11. The number of furan rings is 1. The molecule has 0 spiro atoms. The third kappa shape index (κ3) is 2.97. The first-order chi connectivity index (χ1) is 10.2. The molecule has 3 heterocycles. The highest BCUT2D eigenvalue weighted by atomic mass is 16.4. The van der Waals surface area contributed by atoms with Crippen LogP contribution in [-0.4, -0.2) is 20.5 Å². The predicted molar refractivity (Wildman–Crippen MR) is 77.3 cm³/mol. The Morgan fingerprint density at radius 2 is 2.10 bits per heavy atom. The highest BCUT2D eigenvalue weighted by molar-refractivity contribution is 5.67. The summed E-state index contributed by atoms with van der Waals surface area (Å²) in [6, 6.07) is 9.68. The molecule has 0 aromatic carbocycles. The number of hydrogen-bond acceptors (Lipinski definition) is 3. The lowest BCUT2D eigenvalue weighted by Gasteiger charge is -1.99. The van der Waals surface area contributed by atoms with Gasteiger partial charge in [0.05, 0.1) is 23.9 Å². The van der Waals surface area contributed by atoms with E-state index in [4.69, 9.17) is 9.52 Å². The number of rotatable bonds is 6. The summed E-state index contributed by atoms with van der Waals surface area (Å²) in [6.45, 7) is 0. The minimum absolute atomic E-state index is 0.0964. The van der Waals surface area contributed by atoms with E-state index in [0.717, 1.165) is 35.6 Å². The van der Waals surface area contributed by atoms with Gasteiger partial charge in [0.25, 0.3) is 0 Å². The van der Waals surface area contributed by atoms with Gasteiger partial charge in [-0.2, -0.15) is 0 Å². The van der Waals surface area contributed by atoms with E-state index in [1.165, 1.54) is 0 Å². The first-order valence-corrected chi connectivity index (χ1v) is 6.93. The molecule has 108 valence electrons. The molecule has 0 radical (unpaired) electrons. The lowest BCUT2D eigenvalue weighted by atomic mass is 10.2. The van der Waals surface area contributed by atoms with Crippen molar-refractivity contribution >= 4 is 11.5 Å². The van der Waals surface area contributed by atoms with E-state index in [0.29, 0.717) is 6.42 Å². The Bertz CT molecular complexity index is 744. The molecule has 0 bridgehead atoms. The second-order valence-corrected chi connectivity index (χ2v) is 4.90. The van der Waals surface area contributed by atoms with Gasteiger partial charge in [-0.1, -0.05) is 6.07 Å². The van der Waals surface area contributed by atoms with Gasteiger partial charge in [0, 0.05) is 25.5 Å². The molecule has 0 saturated heterocycles. The number of fused-ring (bicyclic) bond motifs is 1. The number of carboxylic acids is 1. The van der Waals surface area contributed by atoms with E-state index in [1.807, 2.05) is 40.9 Å². The molecule has 5 heteroatoms. The first kappa shape index (κ1) is 13.4. The zero-order valence-electron chi connectivity index (χ0n) is 11.5. The molecule has 0 unspecified atom stereocenters. The number of carbonyl (C=O) groups is 1. The molecule has 0 amide bonds. The van der Waals surface area contributed by atoms with Crippen molar-refractivity contribution in [3.05, 3.63) is 60.1 Å². The summed E-state index contributed by atoms with van der Waals surface area (Å²) >= 11 is 0. The number of aliphatic carboxylic acids is 1. The van der Waals surface area contributed by atoms with Gasteiger partial charge in [0.2, 0.25) is 0 Å². The topological polar surface area (TPSA) is 67.7 Å². The second kappa shape index (κ2) is 5.83. The second-order valence-electron chi connectivity index (χ2n) is 4.90. The summed E-state index contributed by atoms with van der Waals surface area (Å²) in [6.07, 6.45) is 5.70. The van der Waals surface area contributed by atoms with Crippen molar-refractivity contribution in [1.82, 2.24) is 9.38 Å². The molecule has 0 saturated carbocycles. The quantitative estimate of drug-likeness (QED) is 0.755. The molecule has 0 fully saturated rings. The molecule has 5 nitrogen and oxygen atoms in total. The summed E-state index contributed by atoms with van der Waals surface area (Å²) in [5.41, 5.74) is 1.82. The highest BCUT2D eigenvalue weighted by Gasteiger charge is 2.12. The number of aryl methyl sites for hydroxylation is 3. The lowest BCUT2D eigenvalue weighted by molar-refractivity contribution is -0.136. The number of pyridine rings is 1. The Kier molecular flexibility index (Phi) is 3.73. The van der Waals surface area contributed by atoms with Crippen molar-refractivity contribution in [2.45, 2.75) is 25.7 Å². The molecule has 0 aliphatic heterocycles. The Balaban J connectivity index is 1.85. The van der Waals surface area contributed by atoms with Gasteiger partial charge < -0.3 is 13.9 Å². The Morgan fingerprint density at radius 1 is 1.19 bits per heavy atom. The molecule has 3 rings (SSSR count). The van der Waals surface area contributed by atoms with Crippen LogP contribution in [0.25, 0.3) is 5.52 Å². The van der Waals surface area contributed by atoms with Gasteiger partial charge in [0.1, 0.15) is 11.6 Å². The fraction of sp³-hybridized carbons (Fsp3) is 0.250. The Hall–Kier alpha value is -2.56. The normalized spacial score (nSPS) is 11.0. The van der Waals surface area contributed by atoms with Gasteiger partial charge in [-0.25, -0.2) is 4.98 Å². The number of nitrogens with zero attached hydrogens (tertiary/aromatic N) is 2. The van der Waals surface area contributed by atoms with E-state index in [-0.39, 0.29) is 6.42 Å². The predicted octanol–water partition coefficient (Wildman–Crippen LogP) is 2.73. The van der Waals surface area contributed by atoms with Crippen molar-refractivity contribution in [3.8, 4) is 0 Å². The summed E-state index contributed by atoms with van der Waals surface area (Å²) in [4.78, 5) is 15.4. The van der Waals surface area contributed by atoms with Crippen LogP contribution in [0.3, 0.4) is 0 Å². The van der Waals surface area contributed by atoms with E-state index in [2.05, 4.69) is 4.98 Å². The third-order valence-corrected chi connectivity index (χ3v) is 3.45. The van der Waals surface area contributed by atoms with Gasteiger partial charge in [0.15, 0.2) is 0 Å². The van der Waals surface area contributed by atoms with Crippen LogP contribution in [0.5, 0.6) is 0 Å². The van der Waals surface area contributed by atoms with Crippen LogP contribution in [-0.2, 0) is 24.1 Å². The maximum absolute atomic E-state index is 10.7. The minimum Gasteiger partial charge on any atom is -0.481 e. The fourth-order valence-electron chi connectivity index (χ4n) is 2.45. The number of carboxylic acid groups (broad SMARTS) is 1. The van der Waals surface area contributed by atoms with E-state index in [9.17, 15) is 4.79 Å². The minimum atomic E-state index is -0.802. The van der Waals surface area contributed by atoms with E-state index >= 15 is 0 Å². The smallest absolute Gasteiger partial charge is 0.303 e. The van der Waals surface area contributed by atoms with Crippen LogP contribution < -0.4 is 0 Å². The number of aromatic nitrogens is 2. The van der Waals surface area contributed by atoms with E-state index < -0.39 is 5.97 Å². The van der Waals surface area contributed by atoms with E-state index in [1.54, 1.807) is 6.26 Å². The van der Waals surface area contributed by atoms with Gasteiger partial charge in [-0.05, 0) is 24.3 Å². The summed E-state index contributed by atoms with van der Waals surface area (Å²) < 4.78 is 7.37. The van der Waals surface area contributed by atoms with Crippen molar-refractivity contribution in [3.63, 3.8) is 0 Å². The molecule has 3 aromatic rings.